The molecule has 0 aliphatic carbocycles. The molecule has 0 bridgehead atoms. The van der Waals surface area contributed by atoms with Crippen LogP contribution in [0.4, 0.5) is 5.69 Å². The standard InChI is InChI=1S/C23H28N2O4/c1-27-21-6-4-5-17-15-18(16-29-22(17)21)23(26)24-19-7-9-20(10-8-19)28-14-13-25-11-2-3-12-25/h4-10,18H,2-3,11-16H2,1H3,(H,24,26). The number of carbonyl (C=O) groups is 1. The van der Waals surface area contributed by atoms with Crippen molar-refractivity contribution in [2.24, 2.45) is 5.92 Å². The van der Waals surface area contributed by atoms with E-state index in [1.54, 1.807) is 7.11 Å². The second-order valence-electron chi connectivity index (χ2n) is 7.57. The van der Waals surface area contributed by atoms with Crippen LogP contribution >= 0.6 is 0 Å². The molecule has 2 aliphatic rings. The van der Waals surface area contributed by atoms with Crippen LogP contribution in [0.25, 0.3) is 0 Å². The molecule has 1 saturated heterocycles. The predicted octanol–water partition coefficient (Wildman–Crippen LogP) is 3.36. The molecule has 1 N–H and O–H groups in total. The molecule has 0 aromatic heterocycles. The van der Waals surface area contributed by atoms with Gasteiger partial charge in [-0.05, 0) is 68.2 Å². The van der Waals surface area contributed by atoms with E-state index in [0.29, 0.717) is 25.4 Å². The van der Waals surface area contributed by atoms with E-state index in [1.807, 2.05) is 42.5 Å². The number of likely N-dealkylation sites (tertiary alicyclic amines) is 1. The summed E-state index contributed by atoms with van der Waals surface area (Å²) in [5.74, 6) is 2.01. The van der Waals surface area contributed by atoms with Crippen LogP contribution in [0.5, 0.6) is 17.2 Å². The highest BCUT2D eigenvalue weighted by Crippen LogP contribution is 2.36. The molecule has 1 unspecified atom stereocenters. The molecule has 0 saturated carbocycles. The van der Waals surface area contributed by atoms with Crippen molar-refractivity contribution in [2.75, 3.05) is 45.3 Å². The van der Waals surface area contributed by atoms with Gasteiger partial charge in [0.1, 0.15) is 19.0 Å². The van der Waals surface area contributed by atoms with Crippen LogP contribution in [0.2, 0.25) is 0 Å². The predicted molar refractivity (Wildman–Crippen MR) is 112 cm³/mol. The normalized spacial score (nSPS) is 18.6. The lowest BCUT2D eigenvalue weighted by molar-refractivity contribution is -0.121. The van der Waals surface area contributed by atoms with Crippen molar-refractivity contribution < 1.29 is 19.0 Å². The maximum absolute atomic E-state index is 12.7. The average molecular weight is 396 g/mol. The van der Waals surface area contributed by atoms with Crippen LogP contribution in [0.1, 0.15) is 18.4 Å². The van der Waals surface area contributed by atoms with Gasteiger partial charge in [-0.2, -0.15) is 0 Å². The van der Waals surface area contributed by atoms with Gasteiger partial charge in [0, 0.05) is 12.2 Å². The van der Waals surface area contributed by atoms with Crippen LogP contribution in [0.3, 0.4) is 0 Å². The number of carbonyl (C=O) groups excluding carboxylic acids is 1. The van der Waals surface area contributed by atoms with Gasteiger partial charge in [-0.3, -0.25) is 9.69 Å². The Morgan fingerprint density at radius 1 is 1.17 bits per heavy atom. The number of amides is 1. The van der Waals surface area contributed by atoms with Crippen LogP contribution < -0.4 is 19.5 Å². The molecule has 1 fully saturated rings. The Balaban J connectivity index is 1.28. The Morgan fingerprint density at radius 3 is 2.72 bits per heavy atom. The minimum Gasteiger partial charge on any atom is -0.493 e. The Bertz CT molecular complexity index is 831. The van der Waals surface area contributed by atoms with Crippen LogP contribution in [0.15, 0.2) is 42.5 Å². The van der Waals surface area contributed by atoms with Crippen LogP contribution in [-0.2, 0) is 11.2 Å². The molecule has 0 radical (unpaired) electrons. The van der Waals surface area contributed by atoms with Gasteiger partial charge in [0.25, 0.3) is 0 Å². The largest absolute Gasteiger partial charge is 0.493 e. The van der Waals surface area contributed by atoms with E-state index < -0.39 is 0 Å². The minimum absolute atomic E-state index is 0.0406. The summed E-state index contributed by atoms with van der Waals surface area (Å²) in [5, 5.41) is 2.99. The summed E-state index contributed by atoms with van der Waals surface area (Å²) in [6.45, 7) is 4.35. The number of benzene rings is 2. The molecule has 29 heavy (non-hydrogen) atoms. The van der Waals surface area contributed by atoms with Crippen LogP contribution in [0, 0.1) is 5.92 Å². The van der Waals surface area contributed by atoms with E-state index in [1.165, 1.54) is 25.9 Å². The Morgan fingerprint density at radius 2 is 1.97 bits per heavy atom. The quantitative estimate of drug-likeness (QED) is 0.778. The van der Waals surface area contributed by atoms with Gasteiger partial charge in [0.15, 0.2) is 11.5 Å². The molecular weight excluding hydrogens is 368 g/mol. The first-order valence-electron chi connectivity index (χ1n) is 10.3. The number of hydrogen-bond donors (Lipinski definition) is 1. The van der Waals surface area contributed by atoms with Crippen molar-refractivity contribution >= 4 is 11.6 Å². The van der Waals surface area contributed by atoms with Gasteiger partial charge in [-0.25, -0.2) is 0 Å². The molecule has 2 aromatic rings. The number of rotatable bonds is 7. The lowest BCUT2D eigenvalue weighted by Crippen LogP contribution is -2.32. The number of ether oxygens (including phenoxy) is 3. The van der Waals surface area contributed by atoms with Gasteiger partial charge in [-0.15, -0.1) is 0 Å². The summed E-state index contributed by atoms with van der Waals surface area (Å²) < 4.78 is 17.0. The van der Waals surface area contributed by atoms with E-state index in [2.05, 4.69) is 10.2 Å². The van der Waals surface area contributed by atoms with Gasteiger partial charge in [0.05, 0.1) is 13.0 Å². The van der Waals surface area contributed by atoms with Gasteiger partial charge in [-0.1, -0.05) is 12.1 Å². The maximum atomic E-state index is 12.7. The first-order valence-corrected chi connectivity index (χ1v) is 10.3. The minimum atomic E-state index is -0.231. The highest BCUT2D eigenvalue weighted by molar-refractivity contribution is 5.93. The van der Waals surface area contributed by atoms with Gasteiger partial charge < -0.3 is 19.5 Å². The molecule has 6 nitrogen and oxygen atoms in total. The summed E-state index contributed by atoms with van der Waals surface area (Å²) in [7, 11) is 1.62. The highest BCUT2D eigenvalue weighted by Gasteiger charge is 2.27. The van der Waals surface area contributed by atoms with Crippen molar-refractivity contribution in [3.8, 4) is 17.2 Å². The number of fused-ring (bicyclic) bond motifs is 1. The number of para-hydroxylation sites is 1. The maximum Gasteiger partial charge on any atom is 0.231 e. The second kappa shape index (κ2) is 9.18. The van der Waals surface area contributed by atoms with Crippen molar-refractivity contribution in [1.82, 2.24) is 4.90 Å². The van der Waals surface area contributed by atoms with E-state index in [9.17, 15) is 4.79 Å². The van der Waals surface area contributed by atoms with Crippen molar-refractivity contribution in [2.45, 2.75) is 19.3 Å². The first kappa shape index (κ1) is 19.6. The molecule has 2 aliphatic heterocycles. The second-order valence-corrected chi connectivity index (χ2v) is 7.57. The monoisotopic (exact) mass is 396 g/mol. The topological polar surface area (TPSA) is 60.0 Å². The number of anilines is 1. The Labute approximate surface area is 171 Å². The van der Waals surface area contributed by atoms with Crippen LogP contribution in [-0.4, -0.2) is 50.8 Å². The zero-order chi connectivity index (χ0) is 20.1. The summed E-state index contributed by atoms with van der Waals surface area (Å²) >= 11 is 0. The van der Waals surface area contributed by atoms with Gasteiger partial charge >= 0.3 is 0 Å². The zero-order valence-electron chi connectivity index (χ0n) is 16.9. The number of nitrogens with zero attached hydrogens (tertiary/aromatic N) is 1. The molecule has 4 rings (SSSR count). The molecule has 2 heterocycles. The SMILES string of the molecule is COc1cccc2c1OCC(C(=O)Nc1ccc(OCCN3CCCC3)cc1)C2. The number of methoxy groups -OCH3 is 1. The fraction of sp³-hybridized carbons (Fsp3) is 0.435. The van der Waals surface area contributed by atoms with E-state index in [4.69, 9.17) is 14.2 Å². The van der Waals surface area contributed by atoms with E-state index in [0.717, 1.165) is 29.3 Å². The summed E-state index contributed by atoms with van der Waals surface area (Å²) in [6, 6.07) is 13.3. The Hall–Kier alpha value is -2.73. The Kier molecular flexibility index (Phi) is 6.20. The zero-order valence-corrected chi connectivity index (χ0v) is 16.9. The highest BCUT2D eigenvalue weighted by atomic mass is 16.5. The summed E-state index contributed by atoms with van der Waals surface area (Å²) in [4.78, 5) is 15.1. The molecule has 1 amide bonds. The average Bonchev–Trinajstić information content (AvgIpc) is 3.27. The van der Waals surface area contributed by atoms with Gasteiger partial charge in [0.2, 0.25) is 5.91 Å². The molecule has 154 valence electrons. The third-order valence-electron chi connectivity index (χ3n) is 5.54. The van der Waals surface area contributed by atoms with E-state index >= 15 is 0 Å². The van der Waals surface area contributed by atoms with E-state index in [-0.39, 0.29) is 11.8 Å². The van der Waals surface area contributed by atoms with Crippen molar-refractivity contribution in [3.05, 3.63) is 48.0 Å². The fourth-order valence-electron chi connectivity index (χ4n) is 3.90. The molecule has 2 aromatic carbocycles. The van der Waals surface area contributed by atoms with Crippen molar-refractivity contribution in [3.63, 3.8) is 0 Å². The van der Waals surface area contributed by atoms with Crippen molar-refractivity contribution in [1.29, 1.82) is 0 Å². The third kappa shape index (κ3) is 4.82. The summed E-state index contributed by atoms with van der Waals surface area (Å²) in [5.41, 5.74) is 1.76. The number of nitrogens with one attached hydrogen (secondary N) is 1. The molecule has 1 atom stereocenters. The molecular formula is C23H28N2O4. The lowest BCUT2D eigenvalue weighted by Gasteiger charge is -2.25. The number of hydrogen-bond acceptors (Lipinski definition) is 5. The molecule has 6 heteroatoms. The lowest BCUT2D eigenvalue weighted by atomic mass is 9.95. The third-order valence-corrected chi connectivity index (χ3v) is 5.54. The summed E-state index contributed by atoms with van der Waals surface area (Å²) in [6.07, 6.45) is 3.22. The first-order chi connectivity index (χ1) is 14.2. The fourth-order valence-corrected chi connectivity index (χ4v) is 3.90. The molecule has 0 spiro atoms. The smallest absolute Gasteiger partial charge is 0.231 e.